The maximum absolute atomic E-state index is 12.4. The summed E-state index contributed by atoms with van der Waals surface area (Å²) in [4.78, 5) is 38.3. The fourth-order valence-corrected chi connectivity index (χ4v) is 3.42. The van der Waals surface area contributed by atoms with E-state index in [-0.39, 0.29) is 43.2 Å². The molecule has 2 aliphatic rings. The van der Waals surface area contributed by atoms with Gasteiger partial charge in [-0.15, -0.1) is 0 Å². The number of hydrogen-bond acceptors (Lipinski definition) is 4. The van der Waals surface area contributed by atoms with Crippen LogP contribution in [0.15, 0.2) is 18.2 Å². The molecule has 0 N–H and O–H groups in total. The van der Waals surface area contributed by atoms with Gasteiger partial charge in [0.15, 0.2) is 0 Å². The normalized spacial score (nSPS) is 21.5. The van der Waals surface area contributed by atoms with Crippen molar-refractivity contribution in [1.29, 1.82) is 0 Å². The van der Waals surface area contributed by atoms with E-state index in [1.54, 1.807) is 23.1 Å². The molecule has 2 heterocycles. The maximum Gasteiger partial charge on any atom is 0.242 e. The van der Waals surface area contributed by atoms with Crippen molar-refractivity contribution in [2.45, 2.75) is 18.9 Å². The molecule has 1 aromatic rings. The average molecular weight is 371 g/mol. The van der Waals surface area contributed by atoms with E-state index in [0.29, 0.717) is 29.7 Å². The number of ether oxygens (including phenoxy) is 1. The van der Waals surface area contributed by atoms with E-state index >= 15 is 0 Å². The molecule has 2 fully saturated rings. The highest BCUT2D eigenvalue weighted by atomic mass is 35.5. The molecule has 0 saturated carbocycles. The summed E-state index contributed by atoms with van der Waals surface area (Å²) in [6, 6.07) is 5.13. The predicted octanol–water partition coefficient (Wildman–Crippen LogP) is 2.04. The van der Waals surface area contributed by atoms with Crippen LogP contribution in [0.4, 0.5) is 0 Å². The molecule has 1 atom stereocenters. The van der Waals surface area contributed by atoms with Gasteiger partial charge in [-0.25, -0.2) is 0 Å². The highest BCUT2D eigenvalue weighted by molar-refractivity contribution is 6.34. The fraction of sp³-hybridized carbons (Fsp3) is 0.438. The third kappa shape index (κ3) is 3.71. The van der Waals surface area contributed by atoms with Crippen molar-refractivity contribution in [3.8, 4) is 0 Å². The molecule has 0 radical (unpaired) electrons. The maximum atomic E-state index is 12.4. The van der Waals surface area contributed by atoms with Gasteiger partial charge >= 0.3 is 0 Å². The summed E-state index contributed by atoms with van der Waals surface area (Å²) < 4.78 is 5.71. The number of rotatable bonds is 3. The quantitative estimate of drug-likeness (QED) is 0.763. The van der Waals surface area contributed by atoms with Crippen molar-refractivity contribution in [1.82, 2.24) is 9.80 Å². The van der Waals surface area contributed by atoms with E-state index < -0.39 is 0 Å². The van der Waals surface area contributed by atoms with Crippen LogP contribution in [-0.4, -0.2) is 53.8 Å². The Morgan fingerprint density at radius 2 is 1.75 bits per heavy atom. The second-order valence-corrected chi connectivity index (χ2v) is 6.65. The first-order chi connectivity index (χ1) is 11.4. The number of amides is 3. The van der Waals surface area contributed by atoms with Crippen LogP contribution >= 0.6 is 23.2 Å². The molecule has 0 spiro atoms. The van der Waals surface area contributed by atoms with Crippen molar-refractivity contribution in [3.05, 3.63) is 33.8 Å². The van der Waals surface area contributed by atoms with Crippen molar-refractivity contribution in [2.75, 3.05) is 26.2 Å². The lowest BCUT2D eigenvalue weighted by Gasteiger charge is -2.34. The van der Waals surface area contributed by atoms with Gasteiger partial charge in [-0.05, 0) is 23.8 Å². The van der Waals surface area contributed by atoms with Crippen LogP contribution in [0.1, 0.15) is 24.5 Å². The smallest absolute Gasteiger partial charge is 0.242 e. The monoisotopic (exact) mass is 370 g/mol. The zero-order chi connectivity index (χ0) is 17.3. The van der Waals surface area contributed by atoms with Gasteiger partial charge in [-0.2, -0.15) is 0 Å². The Kier molecular flexibility index (Phi) is 5.08. The molecule has 3 amide bonds. The van der Waals surface area contributed by atoms with E-state index in [9.17, 15) is 14.4 Å². The standard InChI is InChI=1S/C16H16Cl2N2O4/c17-11-5-10(6-12(18)7-11)13-8-19(3-4-24-13)16(23)9-20-14(21)1-2-15(20)22/h5-7,13H,1-4,8-9H2/t13-/m0/s1. The molecular weight excluding hydrogens is 355 g/mol. The molecule has 0 aliphatic carbocycles. The van der Waals surface area contributed by atoms with Crippen molar-refractivity contribution < 1.29 is 19.1 Å². The first kappa shape index (κ1) is 17.2. The van der Waals surface area contributed by atoms with E-state index in [1.165, 1.54) is 0 Å². The largest absolute Gasteiger partial charge is 0.370 e. The second-order valence-electron chi connectivity index (χ2n) is 5.78. The minimum Gasteiger partial charge on any atom is -0.370 e. The van der Waals surface area contributed by atoms with Crippen molar-refractivity contribution in [3.63, 3.8) is 0 Å². The molecule has 0 aromatic heterocycles. The Labute approximate surface area is 149 Å². The number of morpholine rings is 1. The van der Waals surface area contributed by atoms with Crippen LogP contribution in [0, 0.1) is 0 Å². The second kappa shape index (κ2) is 7.09. The molecule has 128 valence electrons. The summed E-state index contributed by atoms with van der Waals surface area (Å²) in [6.07, 6.45) is 0.0152. The van der Waals surface area contributed by atoms with Crippen molar-refractivity contribution >= 4 is 40.9 Å². The van der Waals surface area contributed by atoms with Gasteiger partial charge in [0, 0.05) is 29.4 Å². The molecule has 0 unspecified atom stereocenters. The summed E-state index contributed by atoms with van der Waals surface area (Å²) in [6.45, 7) is 0.898. The van der Waals surface area contributed by atoms with Gasteiger partial charge in [0.1, 0.15) is 12.6 Å². The van der Waals surface area contributed by atoms with Gasteiger partial charge in [-0.1, -0.05) is 23.2 Å². The van der Waals surface area contributed by atoms with Gasteiger partial charge in [0.05, 0.1) is 13.2 Å². The lowest BCUT2D eigenvalue weighted by atomic mass is 10.1. The Balaban J connectivity index is 1.67. The van der Waals surface area contributed by atoms with Gasteiger partial charge in [0.25, 0.3) is 0 Å². The molecule has 8 heteroatoms. The number of carbonyl (C=O) groups excluding carboxylic acids is 3. The summed E-state index contributed by atoms with van der Waals surface area (Å²) in [5.74, 6) is -0.848. The summed E-state index contributed by atoms with van der Waals surface area (Å²) in [5.41, 5.74) is 0.790. The van der Waals surface area contributed by atoms with Gasteiger partial charge in [0.2, 0.25) is 17.7 Å². The molecule has 0 bridgehead atoms. The third-order valence-corrected chi connectivity index (χ3v) is 4.56. The summed E-state index contributed by atoms with van der Waals surface area (Å²) in [5, 5.41) is 0.996. The number of imide groups is 1. The Morgan fingerprint density at radius 1 is 1.12 bits per heavy atom. The first-order valence-corrected chi connectivity index (χ1v) is 8.38. The SMILES string of the molecule is O=C(CN1C(=O)CCC1=O)N1CCO[C@H](c2cc(Cl)cc(Cl)c2)C1. The number of nitrogens with zero attached hydrogens (tertiary/aromatic N) is 2. The number of halogens is 2. The zero-order valence-electron chi connectivity index (χ0n) is 12.8. The Morgan fingerprint density at radius 3 is 2.38 bits per heavy atom. The predicted molar refractivity (Wildman–Crippen MR) is 87.7 cm³/mol. The van der Waals surface area contributed by atoms with Crippen LogP contribution < -0.4 is 0 Å². The summed E-state index contributed by atoms with van der Waals surface area (Å²) >= 11 is 12.0. The van der Waals surface area contributed by atoms with E-state index in [1.807, 2.05) is 0 Å². The molecule has 6 nitrogen and oxygen atoms in total. The Hall–Kier alpha value is -1.63. The van der Waals surface area contributed by atoms with Gasteiger partial charge in [-0.3, -0.25) is 19.3 Å². The lowest BCUT2D eigenvalue weighted by molar-refractivity contribution is -0.148. The highest BCUT2D eigenvalue weighted by Crippen LogP contribution is 2.28. The van der Waals surface area contributed by atoms with Crippen molar-refractivity contribution in [2.24, 2.45) is 0 Å². The minimum absolute atomic E-state index is 0.179. The van der Waals surface area contributed by atoms with E-state index in [4.69, 9.17) is 27.9 Å². The van der Waals surface area contributed by atoms with E-state index in [0.717, 1.165) is 10.5 Å². The molecule has 2 aliphatic heterocycles. The average Bonchev–Trinajstić information content (AvgIpc) is 2.86. The minimum atomic E-state index is -0.344. The number of carbonyl (C=O) groups is 3. The molecule has 24 heavy (non-hydrogen) atoms. The number of benzene rings is 1. The van der Waals surface area contributed by atoms with E-state index in [2.05, 4.69) is 0 Å². The molecule has 2 saturated heterocycles. The Bertz CT molecular complexity index is 658. The lowest BCUT2D eigenvalue weighted by Crippen LogP contribution is -2.47. The van der Waals surface area contributed by atoms with Crippen LogP contribution in [-0.2, 0) is 19.1 Å². The summed E-state index contributed by atoms with van der Waals surface area (Å²) in [7, 11) is 0. The number of hydrogen-bond donors (Lipinski definition) is 0. The van der Waals surface area contributed by atoms with Crippen LogP contribution in [0.25, 0.3) is 0 Å². The highest BCUT2D eigenvalue weighted by Gasteiger charge is 2.33. The molecular formula is C16H16Cl2N2O4. The third-order valence-electron chi connectivity index (χ3n) is 4.12. The van der Waals surface area contributed by atoms with Crippen LogP contribution in [0.5, 0.6) is 0 Å². The van der Waals surface area contributed by atoms with Crippen LogP contribution in [0.2, 0.25) is 10.0 Å². The zero-order valence-corrected chi connectivity index (χ0v) is 14.3. The fourth-order valence-electron chi connectivity index (χ4n) is 2.87. The van der Waals surface area contributed by atoms with Gasteiger partial charge < -0.3 is 9.64 Å². The topological polar surface area (TPSA) is 66.9 Å². The molecule has 1 aromatic carbocycles. The van der Waals surface area contributed by atoms with Crippen LogP contribution in [0.3, 0.4) is 0 Å². The number of likely N-dealkylation sites (tertiary alicyclic amines) is 1. The molecule has 3 rings (SSSR count). The first-order valence-electron chi connectivity index (χ1n) is 7.62.